The van der Waals surface area contributed by atoms with Gasteiger partial charge in [0.05, 0.1) is 20.8 Å². The maximum atomic E-state index is 6.23. The minimum Gasteiger partial charge on any atom is -0.288 e. The minimum absolute atomic E-state index is 0.176. The first-order valence-corrected chi connectivity index (χ1v) is 10.1. The molecule has 0 saturated carbocycles. The lowest BCUT2D eigenvalue weighted by Gasteiger charge is -2.24. The van der Waals surface area contributed by atoms with Crippen molar-refractivity contribution in [1.82, 2.24) is 14.8 Å². The molecule has 1 aliphatic heterocycles. The third kappa shape index (κ3) is 3.54. The van der Waals surface area contributed by atoms with Crippen LogP contribution in [-0.4, -0.2) is 27.0 Å². The highest BCUT2D eigenvalue weighted by Gasteiger charge is 2.34. The molecular formula is C19H14BrCl3N4. The number of hydrogen-bond acceptors (Lipinski definition) is 3. The summed E-state index contributed by atoms with van der Waals surface area (Å²) in [6.07, 6.45) is 3.96. The Hall–Kier alpha value is -1.40. The molecule has 1 aromatic heterocycles. The van der Waals surface area contributed by atoms with E-state index in [1.807, 2.05) is 24.3 Å². The Morgan fingerprint density at radius 2 is 1.85 bits per heavy atom. The monoisotopic (exact) mass is 482 g/mol. The van der Waals surface area contributed by atoms with E-state index < -0.39 is 0 Å². The van der Waals surface area contributed by atoms with Gasteiger partial charge in [-0.25, -0.2) is 9.67 Å². The molecule has 0 saturated heterocycles. The predicted molar refractivity (Wildman–Crippen MR) is 114 cm³/mol. The van der Waals surface area contributed by atoms with E-state index in [4.69, 9.17) is 39.8 Å². The fourth-order valence-corrected chi connectivity index (χ4v) is 4.40. The van der Waals surface area contributed by atoms with E-state index in [9.17, 15) is 0 Å². The van der Waals surface area contributed by atoms with Gasteiger partial charge in [0.15, 0.2) is 0 Å². The van der Waals surface area contributed by atoms with Gasteiger partial charge in [0.25, 0.3) is 0 Å². The number of halogens is 4. The van der Waals surface area contributed by atoms with Crippen molar-refractivity contribution in [1.29, 1.82) is 0 Å². The number of aliphatic imine (C=N–C) groups is 1. The molecule has 1 aliphatic rings. The number of hydrogen-bond donors (Lipinski definition) is 0. The van der Waals surface area contributed by atoms with Crippen molar-refractivity contribution in [3.8, 4) is 5.69 Å². The number of rotatable bonds is 3. The summed E-state index contributed by atoms with van der Waals surface area (Å²) in [7, 11) is 0. The van der Waals surface area contributed by atoms with E-state index in [1.54, 1.807) is 11.0 Å². The van der Waals surface area contributed by atoms with Crippen LogP contribution >= 0.6 is 50.7 Å². The highest BCUT2D eigenvalue weighted by atomic mass is 79.9. The normalized spacial score (nSPS) is 19.4. The van der Waals surface area contributed by atoms with E-state index in [-0.39, 0.29) is 5.41 Å². The Bertz CT molecular complexity index is 1030. The molecule has 0 bridgehead atoms. The second-order valence-corrected chi connectivity index (χ2v) is 8.81. The molecule has 0 N–H and O–H groups in total. The van der Waals surface area contributed by atoms with Crippen LogP contribution in [0.4, 0.5) is 0 Å². The fourth-order valence-electron chi connectivity index (χ4n) is 3.25. The summed E-state index contributed by atoms with van der Waals surface area (Å²) >= 11 is 22.2. The Morgan fingerprint density at radius 1 is 1.11 bits per heavy atom. The zero-order chi connectivity index (χ0) is 19.2. The molecular weight excluding hydrogens is 471 g/mol. The van der Waals surface area contributed by atoms with Gasteiger partial charge in [-0.05, 0) is 51.3 Å². The quantitative estimate of drug-likeness (QED) is 0.419. The fraction of sp³-hybridized carbons (Fsp3) is 0.211. The van der Waals surface area contributed by atoms with Gasteiger partial charge in [-0.3, -0.25) is 4.99 Å². The van der Waals surface area contributed by atoms with Gasteiger partial charge in [0.1, 0.15) is 12.7 Å². The summed E-state index contributed by atoms with van der Waals surface area (Å²) in [6, 6.07) is 9.88. The molecule has 1 atom stereocenters. The standard InChI is InChI=1S/C19H14BrCl3N4/c1-19(12-5-14(21)18(23)15(22)6-12)7-16(25-8-19)11-2-3-17(13(20)4-11)27-10-24-9-26-27/h2-6,9-10H,7-8H2,1H3. The molecule has 138 valence electrons. The van der Waals surface area contributed by atoms with Crippen LogP contribution in [0.1, 0.15) is 24.5 Å². The molecule has 0 fully saturated rings. The lowest BCUT2D eigenvalue weighted by atomic mass is 9.79. The number of benzene rings is 2. The highest BCUT2D eigenvalue weighted by molar-refractivity contribution is 9.10. The molecule has 0 radical (unpaired) electrons. The first kappa shape index (κ1) is 18.9. The topological polar surface area (TPSA) is 43.1 Å². The molecule has 1 unspecified atom stereocenters. The van der Waals surface area contributed by atoms with Crippen molar-refractivity contribution in [2.45, 2.75) is 18.8 Å². The lowest BCUT2D eigenvalue weighted by Crippen LogP contribution is -2.23. The van der Waals surface area contributed by atoms with Gasteiger partial charge in [0, 0.05) is 28.6 Å². The summed E-state index contributed by atoms with van der Waals surface area (Å²) in [4.78, 5) is 8.78. The maximum Gasteiger partial charge on any atom is 0.138 e. The predicted octanol–water partition coefficient (Wildman–Crippen LogP) is 6.14. The first-order valence-electron chi connectivity index (χ1n) is 8.21. The largest absolute Gasteiger partial charge is 0.288 e. The first-order chi connectivity index (χ1) is 12.9. The van der Waals surface area contributed by atoms with Crippen molar-refractivity contribution in [2.24, 2.45) is 4.99 Å². The van der Waals surface area contributed by atoms with Crippen molar-refractivity contribution >= 4 is 56.4 Å². The average Bonchev–Trinajstić information content (AvgIpc) is 3.30. The molecule has 2 heterocycles. The van der Waals surface area contributed by atoms with Gasteiger partial charge in [-0.2, -0.15) is 5.10 Å². The van der Waals surface area contributed by atoms with E-state index in [0.29, 0.717) is 21.6 Å². The van der Waals surface area contributed by atoms with E-state index in [1.165, 1.54) is 6.33 Å². The molecule has 0 amide bonds. The summed E-state index contributed by atoms with van der Waals surface area (Å²) < 4.78 is 2.64. The molecule has 3 aromatic rings. The Balaban J connectivity index is 1.62. The van der Waals surface area contributed by atoms with Crippen molar-refractivity contribution in [2.75, 3.05) is 6.54 Å². The minimum atomic E-state index is -0.176. The third-order valence-electron chi connectivity index (χ3n) is 4.80. The zero-order valence-electron chi connectivity index (χ0n) is 14.3. The summed E-state index contributed by atoms with van der Waals surface area (Å²) in [5.41, 5.74) is 3.91. The van der Waals surface area contributed by atoms with E-state index >= 15 is 0 Å². The molecule has 4 nitrogen and oxygen atoms in total. The van der Waals surface area contributed by atoms with Crippen LogP contribution < -0.4 is 0 Å². The molecule has 8 heteroatoms. The Kier molecular flexibility index (Phi) is 5.06. The number of nitrogens with zero attached hydrogens (tertiary/aromatic N) is 4. The van der Waals surface area contributed by atoms with Crippen LogP contribution in [-0.2, 0) is 5.41 Å². The van der Waals surface area contributed by atoms with Crippen LogP contribution in [0.3, 0.4) is 0 Å². The van der Waals surface area contributed by atoms with Gasteiger partial charge >= 0.3 is 0 Å². The second-order valence-electron chi connectivity index (χ2n) is 6.76. The second kappa shape index (κ2) is 7.21. The summed E-state index contributed by atoms with van der Waals surface area (Å²) in [6.45, 7) is 2.83. The highest BCUT2D eigenvalue weighted by Crippen LogP contribution is 2.40. The Labute approximate surface area is 180 Å². The summed E-state index contributed by atoms with van der Waals surface area (Å²) in [5.74, 6) is 0. The van der Waals surface area contributed by atoms with Crippen LogP contribution in [0.15, 0.2) is 52.5 Å². The van der Waals surface area contributed by atoms with E-state index in [0.717, 1.165) is 33.4 Å². The van der Waals surface area contributed by atoms with Crippen LogP contribution in [0.25, 0.3) is 5.69 Å². The van der Waals surface area contributed by atoms with Crippen LogP contribution in [0.5, 0.6) is 0 Å². The van der Waals surface area contributed by atoms with Gasteiger partial charge < -0.3 is 0 Å². The Morgan fingerprint density at radius 3 is 2.48 bits per heavy atom. The summed E-state index contributed by atoms with van der Waals surface area (Å²) in [5, 5.41) is 5.49. The van der Waals surface area contributed by atoms with Crippen molar-refractivity contribution in [3.05, 3.63) is 73.7 Å². The van der Waals surface area contributed by atoms with E-state index in [2.05, 4.69) is 39.0 Å². The van der Waals surface area contributed by atoms with Crippen LogP contribution in [0, 0.1) is 0 Å². The molecule has 0 aliphatic carbocycles. The van der Waals surface area contributed by atoms with Gasteiger partial charge in [-0.15, -0.1) is 0 Å². The van der Waals surface area contributed by atoms with Crippen molar-refractivity contribution < 1.29 is 0 Å². The lowest BCUT2D eigenvalue weighted by molar-refractivity contribution is 0.536. The van der Waals surface area contributed by atoms with Gasteiger partial charge in [0.2, 0.25) is 0 Å². The van der Waals surface area contributed by atoms with Gasteiger partial charge in [-0.1, -0.05) is 47.8 Å². The molecule has 2 aromatic carbocycles. The smallest absolute Gasteiger partial charge is 0.138 e. The zero-order valence-corrected chi connectivity index (χ0v) is 18.1. The maximum absolute atomic E-state index is 6.23. The number of aromatic nitrogens is 3. The molecule has 4 rings (SSSR count). The molecule has 27 heavy (non-hydrogen) atoms. The SMILES string of the molecule is CC1(c2cc(Cl)c(Cl)c(Cl)c2)CN=C(c2ccc(-n3cncn3)c(Br)c2)C1. The molecule has 0 spiro atoms. The third-order valence-corrected chi connectivity index (χ3v) is 6.64. The van der Waals surface area contributed by atoms with Crippen LogP contribution in [0.2, 0.25) is 15.1 Å². The van der Waals surface area contributed by atoms with Crippen molar-refractivity contribution in [3.63, 3.8) is 0 Å². The average molecular weight is 485 g/mol.